The molecule has 3 aromatic rings. The molecule has 5 nitrogen and oxygen atoms in total. The van der Waals surface area contributed by atoms with Crippen LogP contribution < -0.4 is 0 Å². The molecule has 26 heavy (non-hydrogen) atoms. The first kappa shape index (κ1) is 17.4. The molecule has 1 amide bonds. The number of nitrogens with zero attached hydrogens (tertiary/aromatic N) is 3. The van der Waals surface area contributed by atoms with E-state index in [9.17, 15) is 4.79 Å². The number of aromatic nitrogens is 2. The summed E-state index contributed by atoms with van der Waals surface area (Å²) in [5.74, 6) is 1.72. The van der Waals surface area contributed by atoms with Crippen molar-refractivity contribution in [2.45, 2.75) is 25.7 Å². The van der Waals surface area contributed by atoms with Crippen LogP contribution in [0.1, 0.15) is 40.1 Å². The largest absolute Gasteiger partial charge is 0.339 e. The summed E-state index contributed by atoms with van der Waals surface area (Å²) < 4.78 is 6.33. The maximum absolute atomic E-state index is 12.8. The number of piperidine rings is 1. The van der Waals surface area contributed by atoms with E-state index in [-0.39, 0.29) is 11.8 Å². The fourth-order valence-electron chi connectivity index (χ4n) is 3.19. The van der Waals surface area contributed by atoms with Gasteiger partial charge in [-0.2, -0.15) is 4.98 Å². The maximum Gasteiger partial charge on any atom is 0.263 e. The topological polar surface area (TPSA) is 59.2 Å². The Balaban J connectivity index is 1.42. The fraction of sp³-hybridized carbons (Fsp3) is 0.316. The summed E-state index contributed by atoms with van der Waals surface area (Å²) >= 11 is 5.00. The molecule has 1 aromatic carbocycles. The van der Waals surface area contributed by atoms with E-state index < -0.39 is 0 Å². The Morgan fingerprint density at radius 3 is 2.58 bits per heavy atom. The predicted octanol–water partition coefficient (Wildman–Crippen LogP) is 4.89. The van der Waals surface area contributed by atoms with E-state index in [4.69, 9.17) is 4.52 Å². The second-order valence-corrected chi connectivity index (χ2v) is 8.42. The summed E-state index contributed by atoms with van der Waals surface area (Å²) in [6.07, 6.45) is 1.72. The van der Waals surface area contributed by atoms with Crippen LogP contribution in [0.25, 0.3) is 10.4 Å². The van der Waals surface area contributed by atoms with Crippen molar-refractivity contribution < 1.29 is 9.32 Å². The van der Waals surface area contributed by atoms with Gasteiger partial charge in [-0.05, 0) is 49.6 Å². The van der Waals surface area contributed by atoms with Crippen LogP contribution >= 0.6 is 27.3 Å². The van der Waals surface area contributed by atoms with Gasteiger partial charge in [-0.3, -0.25) is 4.79 Å². The average molecular weight is 432 g/mol. The average Bonchev–Trinajstić information content (AvgIpc) is 3.31. The molecule has 4 rings (SSSR count). The van der Waals surface area contributed by atoms with Crippen molar-refractivity contribution in [1.29, 1.82) is 0 Å². The molecule has 0 N–H and O–H groups in total. The first-order valence-electron chi connectivity index (χ1n) is 8.55. The number of aryl methyl sites for hydroxylation is 1. The van der Waals surface area contributed by atoms with Gasteiger partial charge >= 0.3 is 0 Å². The number of halogens is 1. The lowest BCUT2D eigenvalue weighted by molar-refractivity contribution is 0.0709. The molecule has 0 radical (unpaired) electrons. The van der Waals surface area contributed by atoms with Gasteiger partial charge in [0.1, 0.15) is 0 Å². The third-order valence-corrected chi connectivity index (χ3v) is 6.27. The van der Waals surface area contributed by atoms with Gasteiger partial charge in [0.2, 0.25) is 5.89 Å². The fourth-order valence-corrected chi connectivity index (χ4v) is 4.43. The maximum atomic E-state index is 12.8. The number of carbonyl (C=O) groups is 1. The number of amides is 1. The number of carbonyl (C=O) groups excluding carboxylic acids is 1. The van der Waals surface area contributed by atoms with Crippen LogP contribution in [-0.4, -0.2) is 34.0 Å². The van der Waals surface area contributed by atoms with Crippen LogP contribution in [0.5, 0.6) is 0 Å². The minimum Gasteiger partial charge on any atom is -0.339 e. The van der Waals surface area contributed by atoms with E-state index in [1.165, 1.54) is 0 Å². The zero-order chi connectivity index (χ0) is 18.1. The Labute approximate surface area is 164 Å². The van der Waals surface area contributed by atoms with E-state index in [0.717, 1.165) is 45.7 Å². The number of benzene rings is 1. The molecular formula is C19H18BrN3O2S. The number of likely N-dealkylation sites (tertiary alicyclic amines) is 1. The summed E-state index contributed by atoms with van der Waals surface area (Å²) in [6.45, 7) is 3.26. The van der Waals surface area contributed by atoms with Crippen molar-refractivity contribution >= 4 is 33.2 Å². The highest BCUT2D eigenvalue weighted by molar-refractivity contribution is 9.10. The van der Waals surface area contributed by atoms with Crippen molar-refractivity contribution in [3.05, 3.63) is 57.5 Å². The summed E-state index contributed by atoms with van der Waals surface area (Å²) in [6, 6.07) is 12.1. The molecule has 0 atom stereocenters. The highest BCUT2D eigenvalue weighted by Gasteiger charge is 2.28. The second-order valence-electron chi connectivity index (χ2n) is 6.42. The van der Waals surface area contributed by atoms with Gasteiger partial charge in [-0.25, -0.2) is 0 Å². The van der Waals surface area contributed by atoms with Crippen LogP contribution in [0.4, 0.5) is 0 Å². The van der Waals surface area contributed by atoms with Gasteiger partial charge in [0.15, 0.2) is 5.82 Å². The molecule has 0 bridgehead atoms. The lowest BCUT2D eigenvalue weighted by atomic mass is 9.96. The minimum atomic E-state index is 0.110. The monoisotopic (exact) mass is 431 g/mol. The van der Waals surface area contributed by atoms with Gasteiger partial charge in [0, 0.05) is 28.4 Å². The van der Waals surface area contributed by atoms with Crippen LogP contribution in [-0.2, 0) is 0 Å². The summed E-state index contributed by atoms with van der Waals surface area (Å²) in [5.41, 5.74) is 1.13. The van der Waals surface area contributed by atoms with Crippen LogP contribution in [0.15, 0.2) is 45.4 Å². The number of hydrogen-bond donors (Lipinski definition) is 0. The molecule has 0 spiro atoms. The van der Waals surface area contributed by atoms with Crippen molar-refractivity contribution in [2.24, 2.45) is 0 Å². The zero-order valence-corrected chi connectivity index (χ0v) is 16.7. The molecular weight excluding hydrogens is 414 g/mol. The summed E-state index contributed by atoms with van der Waals surface area (Å²) in [4.78, 5) is 21.0. The van der Waals surface area contributed by atoms with E-state index in [1.54, 1.807) is 11.3 Å². The van der Waals surface area contributed by atoms with Crippen LogP contribution in [0.3, 0.4) is 0 Å². The predicted molar refractivity (Wildman–Crippen MR) is 104 cm³/mol. The summed E-state index contributed by atoms with van der Waals surface area (Å²) in [5, 5.41) is 3.86. The molecule has 0 saturated carbocycles. The van der Waals surface area contributed by atoms with E-state index in [0.29, 0.717) is 11.7 Å². The quantitative estimate of drug-likeness (QED) is 0.592. The van der Waals surface area contributed by atoms with Crippen molar-refractivity contribution in [3.8, 4) is 10.4 Å². The number of hydrogen-bond acceptors (Lipinski definition) is 5. The lowest BCUT2D eigenvalue weighted by Gasteiger charge is -2.30. The van der Waals surface area contributed by atoms with Gasteiger partial charge in [-0.15, -0.1) is 11.3 Å². The van der Waals surface area contributed by atoms with Crippen LogP contribution in [0, 0.1) is 6.92 Å². The Morgan fingerprint density at radius 2 is 1.92 bits per heavy atom. The third kappa shape index (κ3) is 3.59. The molecule has 7 heteroatoms. The van der Waals surface area contributed by atoms with Crippen molar-refractivity contribution in [3.63, 3.8) is 0 Å². The molecule has 1 fully saturated rings. The van der Waals surface area contributed by atoms with E-state index in [2.05, 4.69) is 38.2 Å². The minimum absolute atomic E-state index is 0.110. The zero-order valence-electron chi connectivity index (χ0n) is 14.3. The first-order chi connectivity index (χ1) is 12.6. The van der Waals surface area contributed by atoms with Crippen LogP contribution in [0.2, 0.25) is 0 Å². The molecule has 1 aliphatic rings. The van der Waals surface area contributed by atoms with Gasteiger partial charge in [0.05, 0.1) is 4.88 Å². The standard InChI is InChI=1S/C19H18BrN3O2S/c1-12-21-18(25-22-12)14-8-10-23(11-9-14)19(24)17-7-6-16(26-17)13-2-4-15(20)5-3-13/h2-7,14H,8-11H2,1H3. The Hall–Kier alpha value is -1.99. The summed E-state index contributed by atoms with van der Waals surface area (Å²) in [7, 11) is 0. The Bertz CT molecular complexity index is 911. The van der Waals surface area contributed by atoms with Gasteiger partial charge < -0.3 is 9.42 Å². The first-order valence-corrected chi connectivity index (χ1v) is 10.2. The van der Waals surface area contributed by atoms with E-state index >= 15 is 0 Å². The van der Waals surface area contributed by atoms with Crippen molar-refractivity contribution in [2.75, 3.05) is 13.1 Å². The van der Waals surface area contributed by atoms with E-state index in [1.807, 2.05) is 36.1 Å². The van der Waals surface area contributed by atoms with Gasteiger partial charge in [0.25, 0.3) is 5.91 Å². The lowest BCUT2D eigenvalue weighted by Crippen LogP contribution is -2.37. The smallest absolute Gasteiger partial charge is 0.263 e. The molecule has 3 heterocycles. The number of rotatable bonds is 3. The third-order valence-electron chi connectivity index (χ3n) is 4.62. The molecule has 1 saturated heterocycles. The van der Waals surface area contributed by atoms with Crippen molar-refractivity contribution in [1.82, 2.24) is 15.0 Å². The molecule has 134 valence electrons. The SMILES string of the molecule is Cc1noc(C2CCN(C(=O)c3ccc(-c4ccc(Br)cc4)s3)CC2)n1. The Morgan fingerprint density at radius 1 is 1.19 bits per heavy atom. The highest BCUT2D eigenvalue weighted by atomic mass is 79.9. The molecule has 1 aliphatic heterocycles. The Kier molecular flexibility index (Phi) is 4.91. The number of thiophene rings is 1. The normalized spacial score (nSPS) is 15.4. The second kappa shape index (κ2) is 7.32. The molecule has 0 aliphatic carbocycles. The highest BCUT2D eigenvalue weighted by Crippen LogP contribution is 2.32. The van der Waals surface area contributed by atoms with Gasteiger partial charge in [-0.1, -0.05) is 33.2 Å². The molecule has 0 unspecified atom stereocenters. The molecule has 2 aromatic heterocycles.